The Balaban J connectivity index is 1.33. The summed E-state index contributed by atoms with van der Waals surface area (Å²) >= 11 is 1.80. The zero-order valence-corrected chi connectivity index (χ0v) is 24.8. The molecule has 3 N–H and O–H groups in total. The lowest BCUT2D eigenvalue weighted by atomic mass is 9.91. The van der Waals surface area contributed by atoms with E-state index < -0.39 is 6.29 Å². The average Bonchev–Trinajstić information content (AvgIpc) is 3.04. The Hall–Kier alpha value is -3.62. The summed E-state index contributed by atoms with van der Waals surface area (Å²) in [5.41, 5.74) is 6.11. The number of carbonyl (C=O) groups is 1. The lowest BCUT2D eigenvalue weighted by Crippen LogP contribution is -2.38. The van der Waals surface area contributed by atoms with Crippen LogP contribution in [0.5, 0.6) is 0 Å². The van der Waals surface area contributed by atoms with E-state index in [9.17, 15) is 9.90 Å². The quantitative estimate of drug-likeness (QED) is 0.172. The maximum atomic E-state index is 11.8. The van der Waals surface area contributed by atoms with Gasteiger partial charge in [-0.25, -0.2) is 4.79 Å². The van der Waals surface area contributed by atoms with Gasteiger partial charge in [0, 0.05) is 35.2 Å². The Kier molecular flexibility index (Phi) is 10.3. The van der Waals surface area contributed by atoms with Crippen molar-refractivity contribution in [1.29, 1.82) is 0 Å². The van der Waals surface area contributed by atoms with Crippen molar-refractivity contribution in [2.75, 3.05) is 12.3 Å². The van der Waals surface area contributed by atoms with Gasteiger partial charge >= 0.3 is 6.03 Å². The number of hydrogen-bond donors (Lipinski definition) is 3. The number of aliphatic hydroxyl groups excluding tert-OH is 1. The zero-order valence-electron chi connectivity index (χ0n) is 24.0. The van der Waals surface area contributed by atoms with Crippen LogP contribution in [-0.4, -0.2) is 29.5 Å². The first-order valence-corrected chi connectivity index (χ1v) is 15.4. The van der Waals surface area contributed by atoms with E-state index in [1.165, 1.54) is 4.90 Å². The fourth-order valence-electron chi connectivity index (χ4n) is 5.10. The summed E-state index contributed by atoms with van der Waals surface area (Å²) in [5, 5.41) is 15.2. The fraction of sp³-hybridized carbons (Fsp3) is 0.286. The highest BCUT2D eigenvalue weighted by molar-refractivity contribution is 7.99. The molecule has 0 spiro atoms. The summed E-state index contributed by atoms with van der Waals surface area (Å²) in [6.07, 6.45) is -0.677. The van der Waals surface area contributed by atoms with Gasteiger partial charge in [-0.2, -0.15) is 0 Å². The summed E-state index contributed by atoms with van der Waals surface area (Å²) in [7, 11) is 0. The molecular formula is C35H38N2O4S. The number of benzene rings is 4. The first kappa shape index (κ1) is 29.9. The van der Waals surface area contributed by atoms with Gasteiger partial charge in [0.25, 0.3) is 0 Å². The first-order chi connectivity index (χ1) is 20.5. The van der Waals surface area contributed by atoms with E-state index in [1.807, 2.05) is 49.4 Å². The number of amides is 2. The molecule has 1 aliphatic rings. The van der Waals surface area contributed by atoms with Gasteiger partial charge in [0.15, 0.2) is 6.29 Å². The number of urea groups is 1. The van der Waals surface area contributed by atoms with Crippen LogP contribution in [0.1, 0.15) is 48.5 Å². The number of nitrogens with one attached hydrogen (secondary N) is 2. The third-order valence-electron chi connectivity index (χ3n) is 7.51. The molecule has 7 heteroatoms. The second kappa shape index (κ2) is 14.5. The van der Waals surface area contributed by atoms with Crippen LogP contribution in [0, 0.1) is 5.92 Å². The maximum Gasteiger partial charge on any atom is 0.315 e. The van der Waals surface area contributed by atoms with Crippen LogP contribution in [0.4, 0.5) is 4.79 Å². The van der Waals surface area contributed by atoms with Gasteiger partial charge < -0.3 is 25.2 Å². The van der Waals surface area contributed by atoms with E-state index in [2.05, 4.69) is 78.2 Å². The zero-order chi connectivity index (χ0) is 29.3. The van der Waals surface area contributed by atoms with E-state index in [0.717, 1.165) is 39.1 Å². The summed E-state index contributed by atoms with van der Waals surface area (Å²) < 4.78 is 13.2. The molecule has 0 saturated carbocycles. The Morgan fingerprint density at radius 3 is 2.26 bits per heavy atom. The van der Waals surface area contributed by atoms with E-state index in [4.69, 9.17) is 9.47 Å². The molecular weight excluding hydrogens is 544 g/mol. The summed E-state index contributed by atoms with van der Waals surface area (Å²) in [5.74, 6) is 0.943. The van der Waals surface area contributed by atoms with Crippen LogP contribution < -0.4 is 10.6 Å². The highest BCUT2D eigenvalue weighted by Crippen LogP contribution is 2.43. The highest BCUT2D eigenvalue weighted by Gasteiger charge is 2.38. The van der Waals surface area contributed by atoms with E-state index in [1.54, 1.807) is 11.8 Å². The van der Waals surface area contributed by atoms with Gasteiger partial charge in [0.1, 0.15) is 0 Å². The fourth-order valence-corrected chi connectivity index (χ4v) is 6.19. The van der Waals surface area contributed by atoms with Crippen molar-refractivity contribution in [1.82, 2.24) is 10.6 Å². The van der Waals surface area contributed by atoms with Crippen molar-refractivity contribution in [3.8, 4) is 11.1 Å². The molecule has 6 nitrogen and oxygen atoms in total. The Morgan fingerprint density at radius 1 is 0.810 bits per heavy atom. The number of rotatable bonds is 10. The molecule has 5 rings (SSSR count). The second-order valence-electron chi connectivity index (χ2n) is 10.5. The third-order valence-corrected chi connectivity index (χ3v) is 8.62. The molecule has 0 aromatic heterocycles. The van der Waals surface area contributed by atoms with Gasteiger partial charge in [-0.3, -0.25) is 0 Å². The van der Waals surface area contributed by atoms with E-state index >= 15 is 0 Å². The average molecular weight is 583 g/mol. The smallest absolute Gasteiger partial charge is 0.315 e. The second-order valence-corrected chi connectivity index (χ2v) is 11.6. The van der Waals surface area contributed by atoms with Crippen molar-refractivity contribution in [2.45, 2.75) is 50.4 Å². The number of ether oxygens (including phenoxy) is 2. The largest absolute Gasteiger partial charge is 0.392 e. The SMILES string of the molecule is CCNC(=O)NCc1cccc(-c2ccc([C@H]3O[C@@H](CSc4ccccc4)[C@@H](C)[C@@H](c4ccc(CO)cc4)O3)cc2)c1. The van der Waals surface area contributed by atoms with Crippen molar-refractivity contribution in [3.05, 3.63) is 125 Å². The van der Waals surface area contributed by atoms with Crippen LogP contribution in [-0.2, 0) is 22.6 Å². The van der Waals surface area contributed by atoms with Gasteiger partial charge in [0.2, 0.25) is 0 Å². The van der Waals surface area contributed by atoms with Gasteiger partial charge in [0.05, 0.1) is 18.8 Å². The van der Waals surface area contributed by atoms with Gasteiger partial charge in [-0.1, -0.05) is 91.9 Å². The van der Waals surface area contributed by atoms with Gasteiger partial charge in [-0.05, 0) is 52.9 Å². The molecule has 218 valence electrons. The minimum absolute atomic E-state index is 0.0173. The van der Waals surface area contributed by atoms with Crippen LogP contribution in [0.25, 0.3) is 11.1 Å². The number of aliphatic hydroxyl groups is 1. The van der Waals surface area contributed by atoms with Crippen LogP contribution in [0.3, 0.4) is 0 Å². The number of hydrogen-bond acceptors (Lipinski definition) is 5. The van der Waals surface area contributed by atoms with E-state index in [0.29, 0.717) is 13.1 Å². The molecule has 1 aliphatic heterocycles. The molecule has 4 aromatic rings. The minimum atomic E-state index is -0.508. The molecule has 0 radical (unpaired) electrons. The molecule has 1 fully saturated rings. The number of carbonyl (C=O) groups excluding carboxylic acids is 1. The molecule has 4 aromatic carbocycles. The highest BCUT2D eigenvalue weighted by atomic mass is 32.2. The Labute approximate surface area is 252 Å². The Morgan fingerprint density at radius 2 is 1.55 bits per heavy atom. The lowest BCUT2D eigenvalue weighted by molar-refractivity contribution is -0.268. The molecule has 1 saturated heterocycles. The topological polar surface area (TPSA) is 79.8 Å². The van der Waals surface area contributed by atoms with Crippen LogP contribution >= 0.6 is 11.8 Å². The Bertz CT molecular complexity index is 1430. The first-order valence-electron chi connectivity index (χ1n) is 14.4. The van der Waals surface area contributed by atoms with Crippen molar-refractivity contribution in [2.24, 2.45) is 5.92 Å². The molecule has 1 heterocycles. The van der Waals surface area contributed by atoms with E-state index in [-0.39, 0.29) is 30.8 Å². The summed E-state index contributed by atoms with van der Waals surface area (Å²) in [6.45, 7) is 5.15. The molecule has 0 bridgehead atoms. The summed E-state index contributed by atoms with van der Waals surface area (Å²) in [4.78, 5) is 13.0. The van der Waals surface area contributed by atoms with Crippen molar-refractivity contribution in [3.63, 3.8) is 0 Å². The predicted molar refractivity (Wildman–Crippen MR) is 168 cm³/mol. The monoisotopic (exact) mass is 582 g/mol. The van der Waals surface area contributed by atoms with Crippen LogP contribution in [0.2, 0.25) is 0 Å². The third kappa shape index (κ3) is 7.61. The molecule has 42 heavy (non-hydrogen) atoms. The van der Waals surface area contributed by atoms with Crippen LogP contribution in [0.15, 0.2) is 108 Å². The predicted octanol–water partition coefficient (Wildman–Crippen LogP) is 7.25. The van der Waals surface area contributed by atoms with Crippen molar-refractivity contribution >= 4 is 17.8 Å². The normalized spacial score (nSPS) is 20.2. The summed E-state index contributed by atoms with van der Waals surface area (Å²) in [6, 6.07) is 34.8. The molecule has 0 aliphatic carbocycles. The number of thioether (sulfide) groups is 1. The lowest BCUT2D eigenvalue weighted by Gasteiger charge is -2.41. The molecule has 2 amide bonds. The maximum absolute atomic E-state index is 11.8. The molecule has 0 unspecified atom stereocenters. The standard InChI is InChI=1S/C35H38N2O4S/c1-3-36-35(39)37-21-26-8-7-9-30(20-26)27-16-18-29(19-17-27)34-40-32(23-42-31-10-5-4-6-11-31)24(2)33(41-34)28-14-12-25(22-38)13-15-28/h4-20,24,32-34,38H,3,21-23H2,1-2H3,(H2,36,37,39)/t24-,32+,33+,34+/m1/s1. The van der Waals surface area contributed by atoms with Gasteiger partial charge in [-0.15, -0.1) is 11.8 Å². The minimum Gasteiger partial charge on any atom is -0.392 e. The molecule has 4 atom stereocenters. The van der Waals surface area contributed by atoms with Crippen molar-refractivity contribution < 1.29 is 19.4 Å².